The summed E-state index contributed by atoms with van der Waals surface area (Å²) in [6.45, 7) is 1.70. The number of nitrogens with zero attached hydrogens (tertiary/aromatic N) is 2. The van der Waals surface area contributed by atoms with Crippen molar-refractivity contribution in [2.24, 2.45) is 11.8 Å². The van der Waals surface area contributed by atoms with Gasteiger partial charge in [0.05, 0.1) is 45.1 Å². The summed E-state index contributed by atoms with van der Waals surface area (Å²) < 4.78 is 48.4. The molecule has 9 nitrogen and oxygen atoms in total. The van der Waals surface area contributed by atoms with Gasteiger partial charge in [0.2, 0.25) is 5.91 Å². The molecule has 2 aliphatic heterocycles. The minimum Gasteiger partial charge on any atom is -0.490 e. The van der Waals surface area contributed by atoms with Gasteiger partial charge in [0.15, 0.2) is 5.60 Å². The fourth-order valence-electron chi connectivity index (χ4n) is 8.08. The molecule has 1 fully saturated rings. The Morgan fingerprint density at radius 2 is 2.02 bits per heavy atom. The molecule has 0 saturated heterocycles. The molecule has 5 atom stereocenters. The summed E-state index contributed by atoms with van der Waals surface area (Å²) in [6.07, 6.45) is 5.94. The number of fused-ring (bicyclic) bond motifs is 4. The fraction of sp³-hybridized carbons (Fsp3) is 0.579. The summed E-state index contributed by atoms with van der Waals surface area (Å²) in [5.74, 6) is -0.315. The summed E-state index contributed by atoms with van der Waals surface area (Å²) in [6, 6.07) is 11.3. The number of methoxy groups -OCH3 is 1. The van der Waals surface area contributed by atoms with E-state index < -0.39 is 36.9 Å². The van der Waals surface area contributed by atoms with Crippen LogP contribution in [0.3, 0.4) is 0 Å². The van der Waals surface area contributed by atoms with E-state index in [9.17, 15) is 23.5 Å². The normalized spacial score (nSPS) is 29.0. The molecule has 0 aromatic heterocycles. The molecule has 0 unspecified atom stereocenters. The van der Waals surface area contributed by atoms with E-state index in [1.165, 1.54) is 23.1 Å². The van der Waals surface area contributed by atoms with Gasteiger partial charge < -0.3 is 33.9 Å². The van der Waals surface area contributed by atoms with Crippen LogP contribution in [0.5, 0.6) is 5.75 Å². The predicted molar refractivity (Wildman–Crippen MR) is 185 cm³/mol. The van der Waals surface area contributed by atoms with Crippen molar-refractivity contribution in [3.63, 3.8) is 0 Å². The molecule has 4 aliphatic rings. The zero-order valence-electron chi connectivity index (χ0n) is 28.8. The van der Waals surface area contributed by atoms with Crippen LogP contribution in [0.1, 0.15) is 55.2 Å². The first-order chi connectivity index (χ1) is 24.0. The van der Waals surface area contributed by atoms with Crippen molar-refractivity contribution in [2.75, 3.05) is 65.1 Å². The van der Waals surface area contributed by atoms with Crippen LogP contribution in [-0.4, -0.2) is 94.6 Å². The minimum absolute atomic E-state index is 0.0674. The van der Waals surface area contributed by atoms with Gasteiger partial charge in [0.25, 0.3) is 6.43 Å². The van der Waals surface area contributed by atoms with Crippen LogP contribution in [0, 0.1) is 11.8 Å². The third-order valence-electron chi connectivity index (χ3n) is 11.0. The highest BCUT2D eigenvalue weighted by Crippen LogP contribution is 2.48. The van der Waals surface area contributed by atoms with Gasteiger partial charge in [-0.15, -0.1) is 0 Å². The number of hydrogen-bond acceptors (Lipinski definition) is 8. The van der Waals surface area contributed by atoms with E-state index in [0.717, 1.165) is 37.8 Å². The number of aryl methyl sites for hydroxylation is 1. The van der Waals surface area contributed by atoms with E-state index in [4.69, 9.17) is 30.5 Å². The summed E-state index contributed by atoms with van der Waals surface area (Å²) in [5.41, 5.74) is 0.863. The third kappa shape index (κ3) is 7.66. The number of rotatable bonds is 7. The molecule has 272 valence electrons. The molecule has 0 radical (unpaired) electrons. The highest BCUT2D eigenvalue weighted by molar-refractivity contribution is 6.30. The minimum atomic E-state index is -2.53. The monoisotopic (exact) mass is 716 g/mol. The Morgan fingerprint density at radius 1 is 1.18 bits per heavy atom. The number of hydrogen-bond donors (Lipinski definition) is 1. The first-order valence-electron chi connectivity index (χ1n) is 17.5. The Hall–Kier alpha value is -3.25. The van der Waals surface area contributed by atoms with Crippen LogP contribution in [0.4, 0.5) is 14.5 Å². The second-order valence-electron chi connectivity index (χ2n) is 14.2. The Bertz CT molecular complexity index is 1580. The Balaban J connectivity index is 1.39. The smallest absolute Gasteiger partial charge is 0.343 e. The van der Waals surface area contributed by atoms with Crippen LogP contribution in [0.25, 0.3) is 0 Å². The highest BCUT2D eigenvalue weighted by Gasteiger charge is 2.47. The van der Waals surface area contributed by atoms with Crippen molar-refractivity contribution in [1.82, 2.24) is 4.90 Å². The maximum absolute atomic E-state index is 13.5. The van der Waals surface area contributed by atoms with Crippen molar-refractivity contribution in [1.29, 1.82) is 0 Å². The lowest BCUT2D eigenvalue weighted by molar-refractivity contribution is -0.168. The topological polar surface area (TPSA) is 97.8 Å². The molecule has 1 amide bonds. The first-order valence-corrected chi connectivity index (χ1v) is 17.9. The summed E-state index contributed by atoms with van der Waals surface area (Å²) in [4.78, 5) is 30.5. The van der Waals surface area contributed by atoms with Gasteiger partial charge in [0.1, 0.15) is 12.4 Å². The molecule has 12 heteroatoms. The Labute approximate surface area is 297 Å². The van der Waals surface area contributed by atoms with Gasteiger partial charge in [-0.05, 0) is 91.3 Å². The molecule has 50 heavy (non-hydrogen) atoms. The third-order valence-corrected chi connectivity index (χ3v) is 11.2. The Morgan fingerprint density at radius 3 is 2.78 bits per heavy atom. The predicted octanol–water partition coefficient (Wildman–Crippen LogP) is 5.68. The number of esters is 1. The number of anilines is 1. The number of halogens is 3. The maximum atomic E-state index is 13.5. The van der Waals surface area contributed by atoms with E-state index in [1.807, 2.05) is 24.3 Å². The van der Waals surface area contributed by atoms with Gasteiger partial charge in [0, 0.05) is 37.1 Å². The standard InChI is InChI=1S/C38H47ClF2N2O7/c1-42-15-4-3-7-32(49-17-16-48-22-34(40)41)29-11-8-26(29)21-43-23-37(14-5-6-25-18-28(39)10-12-30(25)37)24-50-33-13-9-27(19-31(33)43)38(46,20-35(42)44)36(45)47-2/h3,7,9-10,12-13,18-19,26,29,32,34,46H,4-6,8,11,14-17,20-24H2,1-2H3/b7-3+/t26-,29+,32-,37-,38+/m0/s1. The molecule has 2 aliphatic carbocycles. The molecule has 2 heterocycles. The zero-order valence-corrected chi connectivity index (χ0v) is 29.5. The van der Waals surface area contributed by atoms with E-state index in [2.05, 4.69) is 11.0 Å². The molecule has 2 bridgehead atoms. The number of benzene rings is 2. The van der Waals surface area contributed by atoms with Gasteiger partial charge in [-0.2, -0.15) is 0 Å². The van der Waals surface area contributed by atoms with Gasteiger partial charge in [-0.1, -0.05) is 35.9 Å². The number of alkyl halides is 2. The molecule has 2 aromatic carbocycles. The van der Waals surface area contributed by atoms with Crippen molar-refractivity contribution in [3.05, 3.63) is 70.3 Å². The number of carbonyl (C=O) groups excluding carboxylic acids is 2. The lowest BCUT2D eigenvalue weighted by Crippen LogP contribution is -2.50. The second kappa shape index (κ2) is 15.6. The van der Waals surface area contributed by atoms with Gasteiger partial charge >= 0.3 is 5.97 Å². The average Bonchev–Trinajstić information content (AvgIpc) is 3.23. The number of carbonyl (C=O) groups is 2. The lowest BCUT2D eigenvalue weighted by Gasteiger charge is -2.46. The van der Waals surface area contributed by atoms with E-state index in [1.54, 1.807) is 25.2 Å². The number of aliphatic hydroxyl groups is 1. The van der Waals surface area contributed by atoms with Crippen LogP contribution in [0.15, 0.2) is 48.6 Å². The lowest BCUT2D eigenvalue weighted by atomic mass is 9.68. The van der Waals surface area contributed by atoms with Crippen LogP contribution < -0.4 is 9.64 Å². The largest absolute Gasteiger partial charge is 0.490 e. The van der Waals surface area contributed by atoms with Crippen molar-refractivity contribution in [2.45, 2.75) is 68.5 Å². The number of amides is 1. The van der Waals surface area contributed by atoms with Crippen molar-refractivity contribution >= 4 is 29.2 Å². The fourth-order valence-corrected chi connectivity index (χ4v) is 8.28. The molecule has 1 spiro atoms. The number of ether oxygens (including phenoxy) is 4. The molecule has 1 saturated carbocycles. The van der Waals surface area contributed by atoms with Crippen LogP contribution in [0.2, 0.25) is 5.02 Å². The zero-order chi connectivity index (χ0) is 35.5. The molecule has 6 rings (SSSR count). The quantitative estimate of drug-likeness (QED) is 0.222. The highest BCUT2D eigenvalue weighted by atomic mass is 35.5. The van der Waals surface area contributed by atoms with Crippen LogP contribution in [-0.2, 0) is 41.2 Å². The second-order valence-corrected chi connectivity index (χ2v) is 14.6. The summed E-state index contributed by atoms with van der Waals surface area (Å²) >= 11 is 6.44. The Kier molecular flexibility index (Phi) is 11.4. The SMILES string of the molecule is COC(=O)[C@@]1(O)CC(=O)N(C)CC/C=C/[C@H](OCCOCC(F)F)[C@@H]2CC[C@H]2CN2C[C@@]3(CCCc4cc(Cl)ccc43)COc3ccc1cc32. The van der Waals surface area contributed by atoms with E-state index >= 15 is 0 Å². The first kappa shape index (κ1) is 36.5. The van der Waals surface area contributed by atoms with Gasteiger partial charge in [-0.25, -0.2) is 13.6 Å². The summed E-state index contributed by atoms with van der Waals surface area (Å²) in [5, 5.41) is 12.7. The molecular formula is C38H47ClF2N2O7. The van der Waals surface area contributed by atoms with Crippen LogP contribution >= 0.6 is 11.6 Å². The van der Waals surface area contributed by atoms with E-state index in [-0.39, 0.29) is 42.1 Å². The van der Waals surface area contributed by atoms with E-state index in [0.29, 0.717) is 43.4 Å². The van der Waals surface area contributed by atoms with Crippen molar-refractivity contribution in [3.8, 4) is 5.75 Å². The molecule has 2 aromatic rings. The molecular weight excluding hydrogens is 670 g/mol. The van der Waals surface area contributed by atoms with Gasteiger partial charge in [-0.3, -0.25) is 4.79 Å². The average molecular weight is 717 g/mol. The van der Waals surface area contributed by atoms with Crippen molar-refractivity contribution < 1.29 is 42.4 Å². The molecule has 1 N–H and O–H groups in total. The maximum Gasteiger partial charge on any atom is 0.343 e. The summed E-state index contributed by atoms with van der Waals surface area (Å²) in [7, 11) is 2.84.